The van der Waals surface area contributed by atoms with Crippen LogP contribution in [0.15, 0.2) is 23.2 Å². The molecule has 10 heteroatoms. The lowest BCUT2D eigenvalue weighted by atomic mass is 10.3. The smallest absolute Gasteiger partial charge is 0.211 e. The third kappa shape index (κ3) is 8.59. The van der Waals surface area contributed by atoms with E-state index in [0.29, 0.717) is 37.0 Å². The van der Waals surface area contributed by atoms with E-state index in [1.807, 2.05) is 6.07 Å². The summed E-state index contributed by atoms with van der Waals surface area (Å²) in [7, 11) is 1.68. The Bertz CT molecular complexity index is 653. The van der Waals surface area contributed by atoms with Gasteiger partial charge in [-0.25, -0.2) is 13.1 Å². The van der Waals surface area contributed by atoms with Crippen LogP contribution in [0.4, 0.5) is 5.69 Å². The van der Waals surface area contributed by atoms with E-state index >= 15 is 0 Å². The van der Waals surface area contributed by atoms with Crippen LogP contribution in [0, 0.1) is 0 Å². The van der Waals surface area contributed by atoms with Gasteiger partial charge in [-0.15, -0.1) is 24.0 Å². The van der Waals surface area contributed by atoms with Crippen molar-refractivity contribution in [2.75, 3.05) is 45.4 Å². The standard InChI is InChI=1S/C15H26N4O4S.HI/c1-5-24(20,21)18-10-6-9-17-15(16-2)19-12-7-8-13(22-3)14(11-12)23-4;/h7-8,11,18H,5-6,9-10H2,1-4H3,(H2,16,17,19);1H. The first-order chi connectivity index (χ1) is 11.5. The summed E-state index contributed by atoms with van der Waals surface area (Å²) in [5.74, 6) is 1.94. The average Bonchev–Trinajstić information content (AvgIpc) is 2.60. The summed E-state index contributed by atoms with van der Waals surface area (Å²) in [6.07, 6.45) is 0.645. The van der Waals surface area contributed by atoms with Gasteiger partial charge in [0.15, 0.2) is 17.5 Å². The number of nitrogens with zero attached hydrogens (tertiary/aromatic N) is 1. The fraction of sp³-hybridized carbons (Fsp3) is 0.533. The van der Waals surface area contributed by atoms with Gasteiger partial charge in [0, 0.05) is 31.9 Å². The maximum absolute atomic E-state index is 11.3. The number of sulfonamides is 1. The van der Waals surface area contributed by atoms with Crippen molar-refractivity contribution in [1.29, 1.82) is 0 Å². The molecule has 0 atom stereocenters. The van der Waals surface area contributed by atoms with Crippen LogP contribution >= 0.6 is 24.0 Å². The molecule has 0 saturated carbocycles. The number of rotatable bonds is 9. The number of anilines is 1. The quantitative estimate of drug-likeness (QED) is 0.212. The number of halogens is 1. The lowest BCUT2D eigenvalue weighted by molar-refractivity contribution is 0.355. The van der Waals surface area contributed by atoms with Gasteiger partial charge in [0.05, 0.1) is 20.0 Å². The van der Waals surface area contributed by atoms with Crippen molar-refractivity contribution in [2.45, 2.75) is 13.3 Å². The van der Waals surface area contributed by atoms with Crippen LogP contribution in [0.5, 0.6) is 11.5 Å². The van der Waals surface area contributed by atoms with Crippen LogP contribution in [-0.2, 0) is 10.0 Å². The van der Waals surface area contributed by atoms with Gasteiger partial charge in [0.25, 0.3) is 0 Å². The Morgan fingerprint density at radius 1 is 1.16 bits per heavy atom. The second-order valence-corrected chi connectivity index (χ2v) is 6.94. The Morgan fingerprint density at radius 2 is 1.84 bits per heavy atom. The number of nitrogens with one attached hydrogen (secondary N) is 3. The van der Waals surface area contributed by atoms with E-state index in [1.54, 1.807) is 40.3 Å². The molecule has 1 aromatic carbocycles. The number of benzene rings is 1. The molecule has 0 unspecified atom stereocenters. The zero-order valence-corrected chi connectivity index (χ0v) is 18.1. The van der Waals surface area contributed by atoms with Crippen LogP contribution in [0.25, 0.3) is 0 Å². The fourth-order valence-electron chi connectivity index (χ4n) is 1.85. The van der Waals surface area contributed by atoms with E-state index in [2.05, 4.69) is 20.3 Å². The van der Waals surface area contributed by atoms with Crippen LogP contribution < -0.4 is 24.8 Å². The van der Waals surface area contributed by atoms with Gasteiger partial charge in [-0.05, 0) is 25.5 Å². The average molecular weight is 486 g/mol. The van der Waals surface area contributed by atoms with E-state index in [0.717, 1.165) is 5.69 Å². The Morgan fingerprint density at radius 3 is 2.40 bits per heavy atom. The number of aliphatic imine (C=N–C) groups is 1. The van der Waals surface area contributed by atoms with Crippen LogP contribution in [0.3, 0.4) is 0 Å². The van der Waals surface area contributed by atoms with Crippen molar-refractivity contribution in [1.82, 2.24) is 10.0 Å². The second kappa shape index (κ2) is 12.1. The monoisotopic (exact) mass is 486 g/mol. The maximum atomic E-state index is 11.3. The Labute approximate surface area is 166 Å². The maximum Gasteiger partial charge on any atom is 0.211 e. The van der Waals surface area contributed by atoms with Gasteiger partial charge in [0.1, 0.15) is 0 Å². The minimum Gasteiger partial charge on any atom is -0.493 e. The van der Waals surface area contributed by atoms with E-state index in [1.165, 1.54) is 0 Å². The molecule has 0 spiro atoms. The molecule has 144 valence electrons. The molecule has 0 fully saturated rings. The molecular formula is C15H27IN4O4S. The minimum atomic E-state index is -3.14. The van der Waals surface area contributed by atoms with Crippen molar-refractivity contribution in [3.63, 3.8) is 0 Å². The van der Waals surface area contributed by atoms with Crippen LogP contribution in [0.2, 0.25) is 0 Å². The zero-order valence-electron chi connectivity index (χ0n) is 15.0. The van der Waals surface area contributed by atoms with Crippen LogP contribution in [0.1, 0.15) is 13.3 Å². The second-order valence-electron chi connectivity index (χ2n) is 4.85. The number of guanidine groups is 1. The van der Waals surface area contributed by atoms with Crippen molar-refractivity contribution in [3.05, 3.63) is 18.2 Å². The topological polar surface area (TPSA) is 101 Å². The molecule has 1 rings (SSSR count). The normalized spacial score (nSPS) is 11.4. The molecule has 0 heterocycles. The highest BCUT2D eigenvalue weighted by molar-refractivity contribution is 14.0. The molecule has 0 bridgehead atoms. The first-order valence-corrected chi connectivity index (χ1v) is 9.28. The summed E-state index contributed by atoms with van der Waals surface area (Å²) < 4.78 is 35.6. The first-order valence-electron chi connectivity index (χ1n) is 7.62. The summed E-state index contributed by atoms with van der Waals surface area (Å²) >= 11 is 0. The van der Waals surface area contributed by atoms with E-state index < -0.39 is 10.0 Å². The van der Waals surface area contributed by atoms with Gasteiger partial charge < -0.3 is 20.1 Å². The Kier molecular flexibility index (Phi) is 11.5. The summed E-state index contributed by atoms with van der Waals surface area (Å²) in [6, 6.07) is 5.46. The van der Waals surface area contributed by atoms with Crippen molar-refractivity contribution < 1.29 is 17.9 Å². The van der Waals surface area contributed by atoms with Gasteiger partial charge in [0.2, 0.25) is 10.0 Å². The van der Waals surface area contributed by atoms with E-state index in [-0.39, 0.29) is 29.7 Å². The van der Waals surface area contributed by atoms with Crippen molar-refractivity contribution in [3.8, 4) is 11.5 Å². The molecule has 3 N–H and O–H groups in total. The molecule has 25 heavy (non-hydrogen) atoms. The SMILES string of the molecule is CCS(=O)(=O)NCCCNC(=NC)Nc1ccc(OC)c(OC)c1.I. The summed E-state index contributed by atoms with van der Waals surface area (Å²) in [5, 5.41) is 6.26. The molecule has 0 amide bonds. The Hall–Kier alpha value is -1.27. The molecule has 1 aromatic rings. The number of ether oxygens (including phenoxy) is 2. The summed E-state index contributed by atoms with van der Waals surface area (Å²) in [6.45, 7) is 2.57. The first kappa shape index (κ1) is 23.7. The van der Waals surface area contributed by atoms with Gasteiger partial charge in [-0.1, -0.05) is 0 Å². The number of methoxy groups -OCH3 is 2. The third-order valence-electron chi connectivity index (χ3n) is 3.22. The summed E-state index contributed by atoms with van der Waals surface area (Å²) in [4.78, 5) is 4.13. The number of hydrogen-bond acceptors (Lipinski definition) is 5. The van der Waals surface area contributed by atoms with Gasteiger partial charge in [-0.3, -0.25) is 4.99 Å². The highest BCUT2D eigenvalue weighted by Gasteiger charge is 2.07. The summed E-state index contributed by atoms with van der Waals surface area (Å²) in [5.41, 5.74) is 0.799. The molecule has 0 aliphatic heterocycles. The van der Waals surface area contributed by atoms with Crippen molar-refractivity contribution in [2.24, 2.45) is 4.99 Å². The molecule has 0 aliphatic rings. The third-order valence-corrected chi connectivity index (χ3v) is 4.62. The predicted octanol–water partition coefficient (Wildman–Crippen LogP) is 1.64. The molecule has 0 aliphatic carbocycles. The molecular weight excluding hydrogens is 459 g/mol. The van der Waals surface area contributed by atoms with Gasteiger partial charge in [-0.2, -0.15) is 0 Å². The highest BCUT2D eigenvalue weighted by Crippen LogP contribution is 2.29. The number of hydrogen-bond donors (Lipinski definition) is 3. The van der Waals surface area contributed by atoms with Gasteiger partial charge >= 0.3 is 0 Å². The fourth-order valence-corrected chi connectivity index (χ4v) is 2.51. The van der Waals surface area contributed by atoms with Crippen molar-refractivity contribution >= 4 is 45.6 Å². The molecule has 0 radical (unpaired) electrons. The largest absolute Gasteiger partial charge is 0.493 e. The molecule has 0 saturated heterocycles. The van der Waals surface area contributed by atoms with E-state index in [9.17, 15) is 8.42 Å². The minimum absolute atomic E-state index is 0. The lowest BCUT2D eigenvalue weighted by Crippen LogP contribution is -2.34. The Balaban J connectivity index is 0.00000576. The van der Waals surface area contributed by atoms with E-state index in [4.69, 9.17) is 9.47 Å². The lowest BCUT2D eigenvalue weighted by Gasteiger charge is -2.14. The predicted molar refractivity (Wildman–Crippen MR) is 112 cm³/mol. The zero-order chi connectivity index (χ0) is 18.0. The van der Waals surface area contributed by atoms with Crippen LogP contribution in [-0.4, -0.2) is 54.5 Å². The molecule has 0 aromatic heterocycles. The molecule has 8 nitrogen and oxygen atoms in total. The highest BCUT2D eigenvalue weighted by atomic mass is 127.